The Morgan fingerprint density at radius 3 is 3.00 bits per heavy atom. The first-order valence-corrected chi connectivity index (χ1v) is 4.58. The van der Waals surface area contributed by atoms with E-state index in [4.69, 9.17) is 0 Å². The molecular formula is C10H16O. The largest absolute Gasteiger partial charge is 0.393 e. The van der Waals surface area contributed by atoms with E-state index in [0.717, 1.165) is 12.8 Å². The van der Waals surface area contributed by atoms with E-state index < -0.39 is 0 Å². The van der Waals surface area contributed by atoms with Gasteiger partial charge in [-0.2, -0.15) is 0 Å². The fraction of sp³-hybridized carbons (Fsp3) is 0.800. The Bertz CT molecular complexity index is 185. The molecule has 0 radical (unpaired) electrons. The van der Waals surface area contributed by atoms with E-state index in [1.807, 2.05) is 0 Å². The van der Waals surface area contributed by atoms with Crippen LogP contribution < -0.4 is 0 Å². The summed E-state index contributed by atoms with van der Waals surface area (Å²) in [5, 5.41) is 9.75. The Kier molecular flexibility index (Phi) is 1.57. The molecule has 2 aliphatic rings. The molecule has 0 unspecified atom stereocenters. The van der Waals surface area contributed by atoms with Gasteiger partial charge >= 0.3 is 0 Å². The molecule has 0 saturated heterocycles. The molecule has 0 aliphatic heterocycles. The van der Waals surface area contributed by atoms with Crippen LogP contribution in [0.1, 0.15) is 32.6 Å². The topological polar surface area (TPSA) is 20.2 Å². The summed E-state index contributed by atoms with van der Waals surface area (Å²) in [7, 11) is 0. The molecule has 1 saturated carbocycles. The number of allylic oxidation sites excluding steroid dienone is 2. The van der Waals surface area contributed by atoms with Crippen molar-refractivity contribution in [2.24, 2.45) is 11.3 Å². The van der Waals surface area contributed by atoms with Crippen molar-refractivity contribution in [3.05, 3.63) is 12.2 Å². The molecular weight excluding hydrogens is 136 g/mol. The molecule has 0 spiro atoms. The van der Waals surface area contributed by atoms with Gasteiger partial charge in [-0.25, -0.2) is 0 Å². The van der Waals surface area contributed by atoms with Gasteiger partial charge < -0.3 is 5.11 Å². The Hall–Kier alpha value is -0.300. The molecule has 1 N–H and O–H groups in total. The molecule has 3 atom stereocenters. The molecule has 11 heavy (non-hydrogen) atoms. The Morgan fingerprint density at radius 1 is 1.45 bits per heavy atom. The first-order chi connectivity index (χ1) is 5.23. The van der Waals surface area contributed by atoms with Crippen LogP contribution in [0.5, 0.6) is 0 Å². The Morgan fingerprint density at radius 2 is 2.27 bits per heavy atom. The summed E-state index contributed by atoms with van der Waals surface area (Å²) in [4.78, 5) is 0. The maximum absolute atomic E-state index is 9.75. The second kappa shape index (κ2) is 2.34. The molecule has 0 aromatic carbocycles. The van der Waals surface area contributed by atoms with Gasteiger partial charge in [-0.1, -0.05) is 19.1 Å². The lowest BCUT2D eigenvalue weighted by Gasteiger charge is -2.35. The van der Waals surface area contributed by atoms with Crippen LogP contribution in [-0.2, 0) is 0 Å². The number of hydrogen-bond acceptors (Lipinski definition) is 1. The Balaban J connectivity index is 2.26. The van der Waals surface area contributed by atoms with E-state index >= 15 is 0 Å². The maximum Gasteiger partial charge on any atom is 0.0599 e. The summed E-state index contributed by atoms with van der Waals surface area (Å²) in [5.74, 6) is 0.659. The van der Waals surface area contributed by atoms with Gasteiger partial charge in [0.25, 0.3) is 0 Å². The number of aliphatic hydroxyl groups excluding tert-OH is 1. The zero-order valence-corrected chi connectivity index (χ0v) is 7.09. The van der Waals surface area contributed by atoms with Gasteiger partial charge in [-0.3, -0.25) is 0 Å². The molecule has 0 bridgehead atoms. The third kappa shape index (κ3) is 0.943. The van der Waals surface area contributed by atoms with Crippen LogP contribution in [0, 0.1) is 11.3 Å². The highest BCUT2D eigenvalue weighted by Crippen LogP contribution is 2.49. The van der Waals surface area contributed by atoms with E-state index in [-0.39, 0.29) is 11.5 Å². The van der Waals surface area contributed by atoms with Crippen molar-refractivity contribution in [2.75, 3.05) is 0 Å². The van der Waals surface area contributed by atoms with Gasteiger partial charge in [0, 0.05) is 5.41 Å². The fourth-order valence-electron chi connectivity index (χ4n) is 2.57. The van der Waals surface area contributed by atoms with Gasteiger partial charge in [0.2, 0.25) is 0 Å². The quantitative estimate of drug-likeness (QED) is 0.527. The minimum Gasteiger partial charge on any atom is -0.393 e. The van der Waals surface area contributed by atoms with E-state index in [2.05, 4.69) is 19.1 Å². The zero-order valence-electron chi connectivity index (χ0n) is 7.09. The van der Waals surface area contributed by atoms with Crippen LogP contribution in [0.3, 0.4) is 0 Å². The van der Waals surface area contributed by atoms with Crippen molar-refractivity contribution >= 4 is 0 Å². The average Bonchev–Trinajstić information content (AvgIpc) is 2.29. The summed E-state index contributed by atoms with van der Waals surface area (Å²) >= 11 is 0. The standard InChI is InChI=1S/C10H16O/c1-10-7-3-2-4-8(10)5-6-9(10)11/h2,4,8-9,11H,3,5-7H2,1H3/t8-,9+,10+/m1/s1. The van der Waals surface area contributed by atoms with Crippen LogP contribution in [0.15, 0.2) is 12.2 Å². The normalized spacial score (nSPS) is 49.3. The molecule has 62 valence electrons. The lowest BCUT2D eigenvalue weighted by Crippen LogP contribution is -2.33. The van der Waals surface area contributed by atoms with Crippen LogP contribution in [-0.4, -0.2) is 11.2 Å². The summed E-state index contributed by atoms with van der Waals surface area (Å²) in [6.45, 7) is 2.23. The van der Waals surface area contributed by atoms with E-state index in [1.54, 1.807) is 0 Å². The molecule has 1 nitrogen and oxygen atoms in total. The number of aliphatic hydroxyl groups is 1. The first kappa shape index (κ1) is 7.35. The second-order valence-electron chi connectivity index (χ2n) is 4.17. The molecule has 0 aromatic heterocycles. The molecule has 0 amide bonds. The van der Waals surface area contributed by atoms with Crippen molar-refractivity contribution in [3.63, 3.8) is 0 Å². The molecule has 0 aromatic rings. The van der Waals surface area contributed by atoms with Gasteiger partial charge in [0.15, 0.2) is 0 Å². The lowest BCUT2D eigenvalue weighted by atomic mass is 9.72. The van der Waals surface area contributed by atoms with Gasteiger partial charge in [-0.05, 0) is 31.6 Å². The van der Waals surface area contributed by atoms with Crippen molar-refractivity contribution in [2.45, 2.75) is 38.7 Å². The van der Waals surface area contributed by atoms with Crippen molar-refractivity contribution < 1.29 is 5.11 Å². The smallest absolute Gasteiger partial charge is 0.0599 e. The minimum atomic E-state index is -0.0440. The van der Waals surface area contributed by atoms with E-state index in [9.17, 15) is 5.11 Å². The molecule has 0 heterocycles. The number of fused-ring (bicyclic) bond motifs is 1. The van der Waals surface area contributed by atoms with Crippen molar-refractivity contribution in [1.82, 2.24) is 0 Å². The summed E-state index contributed by atoms with van der Waals surface area (Å²) in [5.41, 5.74) is 0.217. The summed E-state index contributed by atoms with van der Waals surface area (Å²) < 4.78 is 0. The lowest BCUT2D eigenvalue weighted by molar-refractivity contribution is 0.0409. The highest BCUT2D eigenvalue weighted by atomic mass is 16.3. The molecule has 1 heteroatoms. The number of rotatable bonds is 0. The highest BCUT2D eigenvalue weighted by molar-refractivity contribution is 5.08. The first-order valence-electron chi connectivity index (χ1n) is 4.58. The summed E-state index contributed by atoms with van der Waals surface area (Å²) in [6, 6.07) is 0. The number of hydrogen-bond donors (Lipinski definition) is 1. The van der Waals surface area contributed by atoms with Crippen LogP contribution >= 0.6 is 0 Å². The SMILES string of the molecule is C[C@]12CCC=C[C@@H]1CC[C@@H]2O. The predicted octanol–water partition coefficient (Wildman–Crippen LogP) is 2.11. The van der Waals surface area contributed by atoms with E-state index in [1.165, 1.54) is 12.8 Å². The van der Waals surface area contributed by atoms with Crippen molar-refractivity contribution in [3.8, 4) is 0 Å². The van der Waals surface area contributed by atoms with E-state index in [0.29, 0.717) is 5.92 Å². The highest BCUT2D eigenvalue weighted by Gasteiger charge is 2.44. The minimum absolute atomic E-state index is 0.0440. The van der Waals surface area contributed by atoms with Gasteiger partial charge in [-0.15, -0.1) is 0 Å². The van der Waals surface area contributed by atoms with Crippen LogP contribution in [0.25, 0.3) is 0 Å². The van der Waals surface area contributed by atoms with Crippen molar-refractivity contribution in [1.29, 1.82) is 0 Å². The maximum atomic E-state index is 9.75. The molecule has 2 aliphatic carbocycles. The van der Waals surface area contributed by atoms with Crippen LogP contribution in [0.2, 0.25) is 0 Å². The Labute approximate surface area is 68.1 Å². The average molecular weight is 152 g/mol. The van der Waals surface area contributed by atoms with Crippen LogP contribution in [0.4, 0.5) is 0 Å². The molecule has 2 rings (SSSR count). The third-order valence-electron chi connectivity index (χ3n) is 3.58. The monoisotopic (exact) mass is 152 g/mol. The third-order valence-corrected chi connectivity index (χ3v) is 3.58. The summed E-state index contributed by atoms with van der Waals surface area (Å²) in [6.07, 6.45) is 9.06. The fourth-order valence-corrected chi connectivity index (χ4v) is 2.57. The molecule has 1 fully saturated rings. The van der Waals surface area contributed by atoms with Gasteiger partial charge in [0.05, 0.1) is 6.10 Å². The predicted molar refractivity (Wildman–Crippen MR) is 45.2 cm³/mol. The zero-order chi connectivity index (χ0) is 7.90. The van der Waals surface area contributed by atoms with Gasteiger partial charge in [0.1, 0.15) is 0 Å². The second-order valence-corrected chi connectivity index (χ2v) is 4.17.